The van der Waals surface area contributed by atoms with Crippen LogP contribution in [0.3, 0.4) is 0 Å². The minimum absolute atomic E-state index is 0.0929. The van der Waals surface area contributed by atoms with Gasteiger partial charge in [0, 0.05) is 38.8 Å². The third-order valence-corrected chi connectivity index (χ3v) is 5.38. The van der Waals surface area contributed by atoms with Crippen LogP contribution in [0.5, 0.6) is 0 Å². The number of ether oxygens (including phenoxy) is 1. The molecule has 1 saturated heterocycles. The number of carbonyl (C=O) groups excluding carboxylic acids is 2. The Morgan fingerprint density at radius 3 is 2.52 bits per heavy atom. The predicted octanol–water partition coefficient (Wildman–Crippen LogP) is 2.46. The summed E-state index contributed by atoms with van der Waals surface area (Å²) < 4.78 is 6.94. The van der Waals surface area contributed by atoms with Crippen molar-refractivity contribution in [2.75, 3.05) is 26.2 Å². The van der Waals surface area contributed by atoms with Gasteiger partial charge in [-0.15, -0.1) is 0 Å². The average Bonchev–Trinajstić information content (AvgIpc) is 3.01. The van der Waals surface area contributed by atoms with Gasteiger partial charge in [0.25, 0.3) is 5.91 Å². The van der Waals surface area contributed by atoms with Crippen LogP contribution in [0, 0.1) is 5.92 Å². The summed E-state index contributed by atoms with van der Waals surface area (Å²) in [6, 6.07) is 1.36. The molecular formula is C20H30N4O5. The lowest BCUT2D eigenvalue weighted by atomic mass is 9.93. The second-order valence-electron chi connectivity index (χ2n) is 8.79. The minimum Gasteiger partial charge on any atom is -0.476 e. The van der Waals surface area contributed by atoms with Gasteiger partial charge in [0.15, 0.2) is 5.69 Å². The minimum atomic E-state index is -1.12. The molecular weight excluding hydrogens is 376 g/mol. The number of amides is 2. The van der Waals surface area contributed by atoms with Gasteiger partial charge in [-0.2, -0.15) is 5.10 Å². The second kappa shape index (κ2) is 8.42. The van der Waals surface area contributed by atoms with Gasteiger partial charge in [-0.25, -0.2) is 9.59 Å². The number of carbonyl (C=O) groups is 3. The number of carboxylic acid groups (broad SMARTS) is 1. The van der Waals surface area contributed by atoms with Gasteiger partial charge in [-0.1, -0.05) is 0 Å². The van der Waals surface area contributed by atoms with Crippen molar-refractivity contribution in [3.63, 3.8) is 0 Å². The van der Waals surface area contributed by atoms with Crippen LogP contribution in [0.1, 0.15) is 67.4 Å². The summed E-state index contributed by atoms with van der Waals surface area (Å²) in [7, 11) is 0. The van der Waals surface area contributed by atoms with Crippen LogP contribution in [-0.2, 0) is 11.3 Å². The van der Waals surface area contributed by atoms with Crippen molar-refractivity contribution in [2.24, 2.45) is 5.92 Å². The highest BCUT2D eigenvalue weighted by Gasteiger charge is 2.29. The van der Waals surface area contributed by atoms with E-state index in [9.17, 15) is 14.4 Å². The maximum atomic E-state index is 12.8. The van der Waals surface area contributed by atoms with E-state index in [1.54, 1.807) is 9.80 Å². The van der Waals surface area contributed by atoms with Crippen molar-refractivity contribution in [1.82, 2.24) is 19.6 Å². The third-order valence-electron chi connectivity index (χ3n) is 5.38. The molecule has 2 aliphatic rings. The number of likely N-dealkylation sites (tertiary alicyclic amines) is 1. The van der Waals surface area contributed by atoms with E-state index < -0.39 is 11.6 Å². The maximum absolute atomic E-state index is 12.8. The Balaban J connectivity index is 1.51. The number of aromatic nitrogens is 2. The molecule has 3 heterocycles. The van der Waals surface area contributed by atoms with Crippen LogP contribution in [0.15, 0.2) is 6.07 Å². The molecule has 1 aromatic rings. The average molecular weight is 406 g/mol. The molecule has 0 aliphatic carbocycles. The van der Waals surface area contributed by atoms with Crippen LogP contribution in [0.4, 0.5) is 4.79 Å². The molecule has 1 fully saturated rings. The lowest BCUT2D eigenvalue weighted by Crippen LogP contribution is -2.42. The summed E-state index contributed by atoms with van der Waals surface area (Å²) in [6.45, 7) is 8.73. The van der Waals surface area contributed by atoms with Gasteiger partial charge in [0.1, 0.15) is 11.3 Å². The molecule has 2 amide bonds. The molecule has 3 rings (SSSR count). The molecule has 1 aromatic heterocycles. The van der Waals surface area contributed by atoms with Crippen LogP contribution in [0.25, 0.3) is 0 Å². The summed E-state index contributed by atoms with van der Waals surface area (Å²) in [6.07, 6.45) is 3.14. The molecule has 9 nitrogen and oxygen atoms in total. The molecule has 0 aromatic carbocycles. The highest BCUT2D eigenvalue weighted by Crippen LogP contribution is 2.23. The standard InChI is InChI=1S/C20H30N4O5/c1-20(2,3)29-19(28)23-11-6-14(7-12-23)5-10-22-8-4-9-24-16(17(22)25)13-15(21-24)18(26)27/h13-14H,4-12H2,1-3H3,(H,26,27). The Labute approximate surface area is 170 Å². The van der Waals surface area contributed by atoms with E-state index in [1.165, 1.54) is 10.7 Å². The fourth-order valence-electron chi connectivity index (χ4n) is 3.82. The molecule has 9 heteroatoms. The summed E-state index contributed by atoms with van der Waals surface area (Å²) in [5.74, 6) is -0.834. The summed E-state index contributed by atoms with van der Waals surface area (Å²) in [4.78, 5) is 39.7. The van der Waals surface area contributed by atoms with Crippen molar-refractivity contribution in [2.45, 2.75) is 58.6 Å². The van der Waals surface area contributed by atoms with Gasteiger partial charge in [-0.3, -0.25) is 9.48 Å². The number of aryl methyl sites for hydroxylation is 1. The number of hydrogen-bond donors (Lipinski definition) is 1. The predicted molar refractivity (Wildman–Crippen MR) is 105 cm³/mol. The zero-order valence-electron chi connectivity index (χ0n) is 17.4. The zero-order valence-corrected chi connectivity index (χ0v) is 17.4. The van der Waals surface area contributed by atoms with E-state index in [0.29, 0.717) is 44.3 Å². The van der Waals surface area contributed by atoms with Crippen LogP contribution < -0.4 is 0 Å². The van der Waals surface area contributed by atoms with E-state index in [0.717, 1.165) is 25.7 Å². The Hall–Kier alpha value is -2.58. The third kappa shape index (κ3) is 5.27. The van der Waals surface area contributed by atoms with E-state index in [4.69, 9.17) is 9.84 Å². The highest BCUT2D eigenvalue weighted by atomic mass is 16.6. The fraction of sp³-hybridized carbons (Fsp3) is 0.700. The first-order valence-electron chi connectivity index (χ1n) is 10.2. The number of aromatic carboxylic acids is 1. The largest absolute Gasteiger partial charge is 0.476 e. The SMILES string of the molecule is CC(C)(C)OC(=O)N1CCC(CCN2CCCn3nc(C(=O)O)cc3C2=O)CC1. The monoisotopic (exact) mass is 406 g/mol. The molecule has 0 spiro atoms. The Bertz CT molecular complexity index is 774. The summed E-state index contributed by atoms with van der Waals surface area (Å²) in [5, 5.41) is 13.1. The normalized spacial score (nSPS) is 18.4. The number of hydrogen-bond acceptors (Lipinski definition) is 5. The first kappa shape index (κ1) is 21.1. The Morgan fingerprint density at radius 1 is 1.21 bits per heavy atom. The van der Waals surface area contributed by atoms with Crippen molar-refractivity contribution >= 4 is 18.0 Å². The van der Waals surface area contributed by atoms with Crippen molar-refractivity contribution < 1.29 is 24.2 Å². The molecule has 0 saturated carbocycles. The van der Waals surface area contributed by atoms with Crippen molar-refractivity contribution in [1.29, 1.82) is 0 Å². The fourth-order valence-corrected chi connectivity index (χ4v) is 3.82. The van der Waals surface area contributed by atoms with Gasteiger partial charge in [0.05, 0.1) is 0 Å². The Kier molecular flexibility index (Phi) is 6.14. The molecule has 2 aliphatic heterocycles. The number of nitrogens with zero attached hydrogens (tertiary/aromatic N) is 4. The topological polar surface area (TPSA) is 105 Å². The molecule has 0 unspecified atom stereocenters. The quantitative estimate of drug-likeness (QED) is 0.824. The van der Waals surface area contributed by atoms with Crippen molar-refractivity contribution in [3.8, 4) is 0 Å². The van der Waals surface area contributed by atoms with E-state index in [1.807, 2.05) is 20.8 Å². The lowest BCUT2D eigenvalue weighted by molar-refractivity contribution is 0.0178. The van der Waals surface area contributed by atoms with Crippen LogP contribution in [-0.4, -0.2) is 74.4 Å². The number of rotatable bonds is 4. The maximum Gasteiger partial charge on any atom is 0.410 e. The van der Waals surface area contributed by atoms with E-state index in [-0.39, 0.29) is 17.7 Å². The van der Waals surface area contributed by atoms with Gasteiger partial charge >= 0.3 is 12.1 Å². The van der Waals surface area contributed by atoms with E-state index in [2.05, 4.69) is 5.10 Å². The van der Waals surface area contributed by atoms with Gasteiger partial charge in [-0.05, 0) is 52.4 Å². The first-order chi connectivity index (χ1) is 13.6. The van der Waals surface area contributed by atoms with Crippen LogP contribution in [0.2, 0.25) is 0 Å². The molecule has 0 radical (unpaired) electrons. The first-order valence-corrected chi connectivity index (χ1v) is 10.2. The molecule has 29 heavy (non-hydrogen) atoms. The molecule has 0 bridgehead atoms. The number of piperidine rings is 1. The number of carboxylic acids is 1. The van der Waals surface area contributed by atoms with Gasteiger partial charge in [0.2, 0.25) is 0 Å². The molecule has 160 valence electrons. The zero-order chi connectivity index (χ0) is 21.2. The highest BCUT2D eigenvalue weighted by molar-refractivity contribution is 5.95. The van der Waals surface area contributed by atoms with Gasteiger partial charge < -0.3 is 19.6 Å². The number of fused-ring (bicyclic) bond motifs is 1. The summed E-state index contributed by atoms with van der Waals surface area (Å²) in [5.41, 5.74) is -0.238. The molecule has 1 N–H and O–H groups in total. The van der Waals surface area contributed by atoms with Crippen molar-refractivity contribution in [3.05, 3.63) is 17.5 Å². The van der Waals surface area contributed by atoms with Crippen LogP contribution >= 0.6 is 0 Å². The summed E-state index contributed by atoms with van der Waals surface area (Å²) >= 11 is 0. The smallest absolute Gasteiger partial charge is 0.410 e. The van der Waals surface area contributed by atoms with E-state index >= 15 is 0 Å². The second-order valence-corrected chi connectivity index (χ2v) is 8.79. The lowest BCUT2D eigenvalue weighted by Gasteiger charge is -2.34. The molecule has 0 atom stereocenters. The Morgan fingerprint density at radius 2 is 1.90 bits per heavy atom.